The van der Waals surface area contributed by atoms with Gasteiger partial charge in [-0.1, -0.05) is 0 Å². The standard InChI is InChI=1S/C10H19N3O2/c1-12-4-2-3-9(12)13-6-8(5-11)15-7-10(13)14/h8-9H,2-7,11H2,1H3. The Bertz CT molecular complexity index is 247. The summed E-state index contributed by atoms with van der Waals surface area (Å²) in [5, 5.41) is 0. The Morgan fingerprint density at radius 2 is 2.40 bits per heavy atom. The smallest absolute Gasteiger partial charge is 0.249 e. The van der Waals surface area contributed by atoms with Gasteiger partial charge < -0.3 is 15.4 Å². The topological polar surface area (TPSA) is 58.8 Å². The van der Waals surface area contributed by atoms with Crippen molar-refractivity contribution in [2.45, 2.75) is 25.1 Å². The normalized spacial score (nSPS) is 33.7. The van der Waals surface area contributed by atoms with Crippen LogP contribution in [-0.4, -0.2) is 61.3 Å². The third-order valence-electron chi connectivity index (χ3n) is 3.27. The molecule has 0 aromatic carbocycles. The molecule has 2 fully saturated rings. The molecule has 0 radical (unpaired) electrons. The van der Waals surface area contributed by atoms with Gasteiger partial charge in [-0.05, 0) is 26.4 Å². The van der Waals surface area contributed by atoms with Gasteiger partial charge in [-0.25, -0.2) is 0 Å². The maximum atomic E-state index is 11.7. The third-order valence-corrected chi connectivity index (χ3v) is 3.27. The molecule has 2 atom stereocenters. The first kappa shape index (κ1) is 10.9. The quantitative estimate of drug-likeness (QED) is 0.654. The predicted octanol–water partition coefficient (Wildman–Crippen LogP) is -0.776. The summed E-state index contributed by atoms with van der Waals surface area (Å²) in [7, 11) is 2.07. The second-order valence-electron chi connectivity index (χ2n) is 4.32. The Morgan fingerprint density at radius 1 is 1.60 bits per heavy atom. The predicted molar refractivity (Wildman–Crippen MR) is 56.2 cm³/mol. The lowest BCUT2D eigenvalue weighted by molar-refractivity contribution is -0.155. The molecule has 2 saturated heterocycles. The van der Waals surface area contributed by atoms with Gasteiger partial charge in [-0.3, -0.25) is 9.69 Å². The van der Waals surface area contributed by atoms with Crippen molar-refractivity contribution >= 4 is 5.91 Å². The molecule has 15 heavy (non-hydrogen) atoms. The third kappa shape index (κ3) is 2.14. The van der Waals surface area contributed by atoms with Crippen molar-refractivity contribution in [2.24, 2.45) is 5.73 Å². The van der Waals surface area contributed by atoms with Gasteiger partial charge in [0.15, 0.2) is 0 Å². The first-order chi connectivity index (χ1) is 7.22. The van der Waals surface area contributed by atoms with E-state index in [-0.39, 0.29) is 24.8 Å². The molecule has 2 heterocycles. The molecule has 2 N–H and O–H groups in total. The van der Waals surface area contributed by atoms with Gasteiger partial charge in [-0.2, -0.15) is 0 Å². The fourth-order valence-corrected chi connectivity index (χ4v) is 2.36. The van der Waals surface area contributed by atoms with Crippen molar-refractivity contribution in [1.82, 2.24) is 9.80 Å². The van der Waals surface area contributed by atoms with Crippen molar-refractivity contribution in [3.05, 3.63) is 0 Å². The second-order valence-corrected chi connectivity index (χ2v) is 4.32. The van der Waals surface area contributed by atoms with Gasteiger partial charge in [-0.15, -0.1) is 0 Å². The number of ether oxygens (including phenoxy) is 1. The molecule has 2 unspecified atom stereocenters. The lowest BCUT2D eigenvalue weighted by Crippen LogP contribution is -2.56. The van der Waals surface area contributed by atoms with Crippen LogP contribution >= 0.6 is 0 Å². The highest BCUT2D eigenvalue weighted by molar-refractivity contribution is 5.78. The summed E-state index contributed by atoms with van der Waals surface area (Å²) in [5.74, 6) is 0.0958. The Labute approximate surface area is 90.1 Å². The Balaban J connectivity index is 2.02. The molecule has 5 nitrogen and oxygen atoms in total. The van der Waals surface area contributed by atoms with E-state index in [1.54, 1.807) is 0 Å². The van der Waals surface area contributed by atoms with Crippen LogP contribution in [0.15, 0.2) is 0 Å². The molecule has 86 valence electrons. The van der Waals surface area contributed by atoms with E-state index < -0.39 is 0 Å². The lowest BCUT2D eigenvalue weighted by atomic mass is 10.2. The summed E-state index contributed by atoms with van der Waals surface area (Å²) in [4.78, 5) is 15.9. The number of nitrogens with two attached hydrogens (primary N) is 1. The maximum Gasteiger partial charge on any atom is 0.249 e. The van der Waals surface area contributed by atoms with Crippen LogP contribution in [-0.2, 0) is 9.53 Å². The van der Waals surface area contributed by atoms with Crippen molar-refractivity contribution < 1.29 is 9.53 Å². The molecule has 0 bridgehead atoms. The van der Waals surface area contributed by atoms with E-state index in [4.69, 9.17) is 10.5 Å². The van der Waals surface area contributed by atoms with Crippen molar-refractivity contribution in [3.63, 3.8) is 0 Å². The monoisotopic (exact) mass is 213 g/mol. The van der Waals surface area contributed by atoms with Crippen LogP contribution in [0, 0.1) is 0 Å². The van der Waals surface area contributed by atoms with Crippen LogP contribution < -0.4 is 5.73 Å². The molecule has 2 aliphatic rings. The van der Waals surface area contributed by atoms with Crippen molar-refractivity contribution in [2.75, 3.05) is 33.3 Å². The Morgan fingerprint density at radius 3 is 3.00 bits per heavy atom. The van der Waals surface area contributed by atoms with Gasteiger partial charge in [0.05, 0.1) is 12.3 Å². The van der Waals surface area contributed by atoms with E-state index >= 15 is 0 Å². The molecule has 1 amide bonds. The van der Waals surface area contributed by atoms with Crippen molar-refractivity contribution in [1.29, 1.82) is 0 Å². The van der Waals surface area contributed by atoms with Crippen LogP contribution in [0.25, 0.3) is 0 Å². The summed E-state index contributed by atoms with van der Waals surface area (Å²) in [6.45, 7) is 2.39. The van der Waals surface area contributed by atoms with E-state index in [0.717, 1.165) is 13.0 Å². The van der Waals surface area contributed by atoms with Gasteiger partial charge in [0, 0.05) is 13.1 Å². The zero-order valence-electron chi connectivity index (χ0n) is 9.19. The van der Waals surface area contributed by atoms with Gasteiger partial charge in [0.25, 0.3) is 0 Å². The minimum atomic E-state index is 0.0108. The van der Waals surface area contributed by atoms with Crippen LogP contribution in [0.3, 0.4) is 0 Å². The number of carbonyl (C=O) groups is 1. The molecule has 2 aliphatic heterocycles. The van der Waals surface area contributed by atoms with Gasteiger partial charge in [0.1, 0.15) is 6.61 Å². The first-order valence-electron chi connectivity index (χ1n) is 5.53. The largest absolute Gasteiger partial charge is 0.365 e. The van der Waals surface area contributed by atoms with Crippen LogP contribution in [0.5, 0.6) is 0 Å². The number of hydrogen-bond donors (Lipinski definition) is 1. The highest BCUT2D eigenvalue weighted by Crippen LogP contribution is 2.21. The Kier molecular flexibility index (Phi) is 3.23. The molecule has 5 heteroatoms. The molecule has 0 aromatic rings. The first-order valence-corrected chi connectivity index (χ1v) is 5.53. The molecule has 0 aromatic heterocycles. The zero-order valence-corrected chi connectivity index (χ0v) is 9.19. The number of amides is 1. The average molecular weight is 213 g/mol. The summed E-state index contributed by atoms with van der Waals surface area (Å²) in [5.41, 5.74) is 5.57. The van der Waals surface area contributed by atoms with Crippen molar-refractivity contribution in [3.8, 4) is 0 Å². The zero-order chi connectivity index (χ0) is 10.8. The lowest BCUT2D eigenvalue weighted by Gasteiger charge is -2.38. The summed E-state index contributed by atoms with van der Waals surface area (Å²) in [6, 6.07) is 0. The number of nitrogens with zero attached hydrogens (tertiary/aromatic N) is 2. The minimum absolute atomic E-state index is 0.0108. The minimum Gasteiger partial charge on any atom is -0.365 e. The van der Waals surface area contributed by atoms with Crippen LogP contribution in [0.4, 0.5) is 0 Å². The summed E-state index contributed by atoms with van der Waals surface area (Å²) in [6.07, 6.45) is 2.51. The van der Waals surface area contributed by atoms with Gasteiger partial charge >= 0.3 is 0 Å². The van der Waals surface area contributed by atoms with Crippen LogP contribution in [0.1, 0.15) is 12.8 Å². The molecule has 2 rings (SSSR count). The fraction of sp³-hybridized carbons (Fsp3) is 0.900. The van der Waals surface area contributed by atoms with E-state index in [2.05, 4.69) is 11.9 Å². The fourth-order valence-electron chi connectivity index (χ4n) is 2.36. The second kappa shape index (κ2) is 4.47. The number of morpholine rings is 1. The van der Waals surface area contributed by atoms with E-state index in [1.165, 1.54) is 6.42 Å². The highest BCUT2D eigenvalue weighted by atomic mass is 16.5. The average Bonchev–Trinajstić information content (AvgIpc) is 2.65. The van der Waals surface area contributed by atoms with E-state index in [1.807, 2.05) is 4.90 Å². The molecule has 0 aliphatic carbocycles. The molecular formula is C10H19N3O2. The van der Waals surface area contributed by atoms with E-state index in [0.29, 0.717) is 13.1 Å². The van der Waals surface area contributed by atoms with Crippen LogP contribution in [0.2, 0.25) is 0 Å². The number of rotatable bonds is 2. The Hall–Kier alpha value is -0.650. The van der Waals surface area contributed by atoms with E-state index in [9.17, 15) is 4.79 Å². The number of carbonyl (C=O) groups excluding carboxylic acids is 1. The molecule has 0 spiro atoms. The number of hydrogen-bond acceptors (Lipinski definition) is 4. The number of likely N-dealkylation sites (tertiary alicyclic amines) is 1. The SMILES string of the molecule is CN1CCCC1N1CC(CN)OCC1=O. The van der Waals surface area contributed by atoms with Gasteiger partial charge in [0.2, 0.25) is 5.91 Å². The summed E-state index contributed by atoms with van der Waals surface area (Å²) < 4.78 is 5.33. The maximum absolute atomic E-state index is 11.7. The molecule has 0 saturated carbocycles. The highest BCUT2D eigenvalue weighted by Gasteiger charge is 2.34. The molecular weight excluding hydrogens is 194 g/mol. The summed E-state index contributed by atoms with van der Waals surface area (Å²) >= 11 is 0.